The first-order chi connectivity index (χ1) is 7.65. The fraction of sp³-hybridized carbons (Fsp3) is 0.889. The summed E-state index contributed by atoms with van der Waals surface area (Å²) in [6.45, 7) is 4.15. The Morgan fingerprint density at radius 1 is 1.62 bits per heavy atom. The fourth-order valence-electron chi connectivity index (χ4n) is 1.19. The Balaban J connectivity index is 1.68. The Hall–Kier alpha value is -0.500. The van der Waals surface area contributed by atoms with Crippen molar-refractivity contribution < 1.29 is 28.2 Å². The highest BCUT2D eigenvalue weighted by atomic mass is 32.2. The van der Waals surface area contributed by atoms with Gasteiger partial charge in [0.05, 0.1) is 5.75 Å². The molecule has 2 fully saturated rings. The van der Waals surface area contributed by atoms with Crippen molar-refractivity contribution in [2.75, 3.05) is 12.4 Å². The maximum absolute atomic E-state index is 11.2. The third-order valence-electron chi connectivity index (χ3n) is 2.49. The topological polar surface area (TPSA) is 66.5 Å². The Morgan fingerprint density at radius 3 is 2.88 bits per heavy atom. The SMILES string of the molecule is CCC1(OOC(=O)OC2CSOC2C)CO1. The summed E-state index contributed by atoms with van der Waals surface area (Å²) in [6, 6.07) is 0. The zero-order valence-electron chi connectivity index (χ0n) is 9.13. The van der Waals surface area contributed by atoms with Crippen molar-refractivity contribution in [1.29, 1.82) is 0 Å². The number of hydrogen-bond acceptors (Lipinski definition) is 7. The molecule has 0 radical (unpaired) electrons. The molecule has 2 saturated heterocycles. The molecule has 7 heteroatoms. The van der Waals surface area contributed by atoms with Crippen LogP contribution in [0.2, 0.25) is 0 Å². The molecule has 3 atom stereocenters. The summed E-state index contributed by atoms with van der Waals surface area (Å²) >= 11 is 1.27. The van der Waals surface area contributed by atoms with Gasteiger partial charge in [-0.25, -0.2) is 4.79 Å². The zero-order valence-corrected chi connectivity index (χ0v) is 9.95. The van der Waals surface area contributed by atoms with Gasteiger partial charge in [0.25, 0.3) is 0 Å². The highest BCUT2D eigenvalue weighted by Crippen LogP contribution is 2.32. The van der Waals surface area contributed by atoms with E-state index in [0.717, 1.165) is 0 Å². The van der Waals surface area contributed by atoms with Gasteiger partial charge in [-0.15, -0.1) is 4.89 Å². The van der Waals surface area contributed by atoms with Gasteiger partial charge < -0.3 is 13.7 Å². The third-order valence-corrected chi connectivity index (χ3v) is 3.39. The van der Waals surface area contributed by atoms with Crippen LogP contribution in [-0.2, 0) is 23.4 Å². The lowest BCUT2D eigenvalue weighted by atomic mass is 10.3. The van der Waals surface area contributed by atoms with E-state index in [1.54, 1.807) is 0 Å². The molecule has 0 amide bonds. The van der Waals surface area contributed by atoms with E-state index in [4.69, 9.17) is 18.5 Å². The molecule has 0 aromatic carbocycles. The van der Waals surface area contributed by atoms with Crippen LogP contribution in [0.4, 0.5) is 4.79 Å². The normalized spacial score (nSPS) is 37.1. The fourth-order valence-corrected chi connectivity index (χ4v) is 2.08. The van der Waals surface area contributed by atoms with E-state index in [9.17, 15) is 4.79 Å². The maximum Gasteiger partial charge on any atom is 0.540 e. The van der Waals surface area contributed by atoms with Gasteiger partial charge >= 0.3 is 6.16 Å². The van der Waals surface area contributed by atoms with Crippen molar-refractivity contribution in [2.24, 2.45) is 0 Å². The molecule has 2 heterocycles. The van der Waals surface area contributed by atoms with E-state index in [1.165, 1.54) is 12.0 Å². The van der Waals surface area contributed by atoms with Gasteiger partial charge in [0.2, 0.25) is 5.79 Å². The molecule has 3 unspecified atom stereocenters. The molecule has 2 aliphatic rings. The van der Waals surface area contributed by atoms with Crippen LogP contribution in [0.15, 0.2) is 0 Å². The second-order valence-electron chi connectivity index (χ2n) is 3.71. The van der Waals surface area contributed by atoms with E-state index in [-0.39, 0.29) is 12.2 Å². The molecule has 0 aliphatic carbocycles. The number of carbonyl (C=O) groups is 1. The molecular formula is C9H14O6S. The van der Waals surface area contributed by atoms with Crippen LogP contribution in [0.1, 0.15) is 20.3 Å². The highest BCUT2D eigenvalue weighted by molar-refractivity contribution is 7.94. The lowest BCUT2D eigenvalue weighted by Gasteiger charge is -2.14. The predicted molar refractivity (Wildman–Crippen MR) is 54.4 cm³/mol. The van der Waals surface area contributed by atoms with Crippen molar-refractivity contribution in [2.45, 2.75) is 38.3 Å². The maximum atomic E-state index is 11.2. The van der Waals surface area contributed by atoms with E-state index in [1.807, 2.05) is 13.8 Å². The summed E-state index contributed by atoms with van der Waals surface area (Å²) in [5.41, 5.74) is 0. The van der Waals surface area contributed by atoms with Gasteiger partial charge in [-0.2, -0.15) is 0 Å². The third kappa shape index (κ3) is 2.79. The van der Waals surface area contributed by atoms with Crippen LogP contribution < -0.4 is 0 Å². The van der Waals surface area contributed by atoms with Crippen LogP contribution in [0.25, 0.3) is 0 Å². The Kier molecular flexibility index (Phi) is 3.58. The molecule has 16 heavy (non-hydrogen) atoms. The van der Waals surface area contributed by atoms with Gasteiger partial charge in [-0.3, -0.25) is 4.89 Å². The summed E-state index contributed by atoms with van der Waals surface area (Å²) in [6.07, 6.45) is -0.654. The summed E-state index contributed by atoms with van der Waals surface area (Å²) in [5, 5.41) is 0. The molecule has 0 aromatic heterocycles. The van der Waals surface area contributed by atoms with E-state index >= 15 is 0 Å². The van der Waals surface area contributed by atoms with E-state index in [2.05, 4.69) is 4.89 Å². The minimum atomic E-state index is -0.855. The van der Waals surface area contributed by atoms with Gasteiger partial charge in [-0.05, 0) is 19.0 Å². The quantitative estimate of drug-likeness (QED) is 0.247. The lowest BCUT2D eigenvalue weighted by molar-refractivity contribution is -0.323. The second-order valence-corrected chi connectivity index (χ2v) is 4.47. The van der Waals surface area contributed by atoms with Crippen LogP contribution >= 0.6 is 12.0 Å². The smallest absolute Gasteiger partial charge is 0.425 e. The molecule has 2 rings (SSSR count). The molecule has 0 spiro atoms. The number of hydrogen-bond donors (Lipinski definition) is 0. The number of ether oxygens (including phenoxy) is 2. The minimum absolute atomic E-state index is 0.130. The van der Waals surface area contributed by atoms with Crippen molar-refractivity contribution in [3.05, 3.63) is 0 Å². The average Bonchev–Trinajstić information content (AvgIpc) is 2.96. The molecule has 2 aliphatic heterocycles. The highest BCUT2D eigenvalue weighted by Gasteiger charge is 2.48. The van der Waals surface area contributed by atoms with E-state index in [0.29, 0.717) is 18.8 Å². The van der Waals surface area contributed by atoms with Crippen LogP contribution in [0, 0.1) is 0 Å². The summed E-state index contributed by atoms with van der Waals surface area (Å²) < 4.78 is 15.2. The van der Waals surface area contributed by atoms with Gasteiger partial charge in [0.1, 0.15) is 18.8 Å². The predicted octanol–water partition coefficient (Wildman–Crippen LogP) is 1.64. The standard InChI is InChI=1S/C9H14O6S/c1-3-9(5-11-9)15-13-8(10)12-7-4-16-14-6(7)2/h6-7H,3-5H2,1-2H3. The molecule has 0 saturated carbocycles. The van der Waals surface area contributed by atoms with Crippen molar-refractivity contribution in [3.63, 3.8) is 0 Å². The summed E-state index contributed by atoms with van der Waals surface area (Å²) in [7, 11) is 0. The van der Waals surface area contributed by atoms with Crippen molar-refractivity contribution in [3.8, 4) is 0 Å². The first kappa shape index (κ1) is 12.0. The van der Waals surface area contributed by atoms with Gasteiger partial charge in [0, 0.05) is 6.42 Å². The Bertz CT molecular complexity index is 267. The first-order valence-corrected chi connectivity index (χ1v) is 6.05. The first-order valence-electron chi connectivity index (χ1n) is 5.14. The van der Waals surface area contributed by atoms with Crippen LogP contribution in [0.5, 0.6) is 0 Å². The molecule has 92 valence electrons. The number of rotatable bonds is 4. The number of epoxide rings is 1. The summed E-state index contributed by atoms with van der Waals surface area (Å²) in [4.78, 5) is 20.6. The van der Waals surface area contributed by atoms with Crippen molar-refractivity contribution >= 4 is 18.2 Å². The van der Waals surface area contributed by atoms with Gasteiger partial charge in [0.15, 0.2) is 0 Å². The molecule has 0 aromatic rings. The minimum Gasteiger partial charge on any atom is -0.425 e. The monoisotopic (exact) mass is 250 g/mol. The number of carbonyl (C=O) groups excluding carboxylic acids is 1. The molecule has 6 nitrogen and oxygen atoms in total. The van der Waals surface area contributed by atoms with Crippen LogP contribution in [-0.4, -0.2) is 36.5 Å². The molecule has 0 bridgehead atoms. The Morgan fingerprint density at radius 2 is 2.38 bits per heavy atom. The largest absolute Gasteiger partial charge is 0.540 e. The molecule has 0 N–H and O–H groups in total. The average molecular weight is 250 g/mol. The van der Waals surface area contributed by atoms with E-state index < -0.39 is 11.9 Å². The molecular weight excluding hydrogens is 236 g/mol. The lowest BCUT2D eigenvalue weighted by Crippen LogP contribution is -2.28. The Labute approximate surface area is 97.6 Å². The zero-order chi connectivity index (χ0) is 11.6. The summed E-state index contributed by atoms with van der Waals surface area (Å²) in [5.74, 6) is -0.142. The van der Waals surface area contributed by atoms with Crippen LogP contribution in [0.3, 0.4) is 0 Å². The second kappa shape index (κ2) is 4.79. The van der Waals surface area contributed by atoms with Crippen molar-refractivity contribution in [1.82, 2.24) is 0 Å². The van der Waals surface area contributed by atoms with Gasteiger partial charge in [-0.1, -0.05) is 6.92 Å².